The summed E-state index contributed by atoms with van der Waals surface area (Å²) in [6.07, 6.45) is 1.82. The van der Waals surface area contributed by atoms with E-state index in [9.17, 15) is 10.1 Å². The molecule has 0 unspecified atom stereocenters. The molecule has 3 heterocycles. The van der Waals surface area contributed by atoms with Gasteiger partial charge in [-0.15, -0.1) is 0 Å². The zero-order chi connectivity index (χ0) is 20.5. The summed E-state index contributed by atoms with van der Waals surface area (Å²) in [5.41, 5.74) is 4.11. The number of anilines is 1. The average molecular weight is 391 g/mol. The van der Waals surface area contributed by atoms with Crippen LogP contribution in [0, 0.1) is 18.3 Å². The molecule has 0 aliphatic carbocycles. The molecule has 0 amide bonds. The number of piperidine rings is 1. The molecule has 3 aromatic rings. The number of rotatable bonds is 5. The quantitative estimate of drug-likeness (QED) is 0.720. The Bertz CT molecular complexity index is 1110. The van der Waals surface area contributed by atoms with Crippen molar-refractivity contribution in [3.8, 4) is 6.07 Å². The summed E-state index contributed by atoms with van der Waals surface area (Å²) in [6.45, 7) is 6.48. The summed E-state index contributed by atoms with van der Waals surface area (Å²) in [7, 11) is 0. The third-order valence-electron chi connectivity index (χ3n) is 5.91. The number of nitrogens with zero attached hydrogens (tertiary/aromatic N) is 5. The second kappa shape index (κ2) is 7.72. The van der Waals surface area contributed by atoms with Gasteiger partial charge in [-0.3, -0.25) is 14.1 Å². The zero-order valence-electron chi connectivity index (χ0n) is 16.8. The van der Waals surface area contributed by atoms with Gasteiger partial charge in [0.15, 0.2) is 5.65 Å². The number of carboxylic acids is 1. The molecule has 4 rings (SSSR count). The van der Waals surface area contributed by atoms with Crippen LogP contribution in [0.3, 0.4) is 0 Å². The van der Waals surface area contributed by atoms with Crippen LogP contribution in [-0.4, -0.2) is 57.6 Å². The zero-order valence-corrected chi connectivity index (χ0v) is 16.8. The van der Waals surface area contributed by atoms with E-state index in [1.54, 1.807) is 0 Å². The van der Waals surface area contributed by atoms with E-state index in [0.717, 1.165) is 54.9 Å². The number of aryl methyl sites for hydroxylation is 1. The molecule has 1 N–H and O–H groups in total. The molecule has 0 saturated carbocycles. The number of benzene rings is 1. The Balaban J connectivity index is 1.70. The molecule has 2 aromatic heterocycles. The first-order valence-corrected chi connectivity index (χ1v) is 10.0. The van der Waals surface area contributed by atoms with Gasteiger partial charge in [0.25, 0.3) is 0 Å². The Labute approximate surface area is 169 Å². The average Bonchev–Trinajstić information content (AvgIpc) is 3.11. The van der Waals surface area contributed by atoms with Crippen molar-refractivity contribution in [1.82, 2.24) is 14.3 Å². The lowest BCUT2D eigenvalue weighted by Gasteiger charge is -2.38. The van der Waals surface area contributed by atoms with Crippen molar-refractivity contribution in [3.05, 3.63) is 41.5 Å². The predicted octanol–water partition coefficient (Wildman–Crippen LogP) is 3.04. The summed E-state index contributed by atoms with van der Waals surface area (Å²) in [5.74, 6) is 0.272. The monoisotopic (exact) mass is 391 g/mol. The molecular formula is C22H25N5O2. The maximum Gasteiger partial charge on any atom is 0.317 e. The number of fused-ring (bicyclic) bond motifs is 3. The van der Waals surface area contributed by atoms with Crippen LogP contribution in [0.5, 0.6) is 0 Å². The molecule has 1 aliphatic heterocycles. The van der Waals surface area contributed by atoms with Crippen LogP contribution < -0.4 is 4.90 Å². The SMILES string of the molecule is CCN(CC(=O)O)C1CCN(c2cc(C)c(C#N)c3nc4ccccc4n23)CC1. The van der Waals surface area contributed by atoms with Gasteiger partial charge in [-0.05, 0) is 50.1 Å². The highest BCUT2D eigenvalue weighted by Crippen LogP contribution is 2.30. The van der Waals surface area contributed by atoms with Gasteiger partial charge in [0.2, 0.25) is 0 Å². The van der Waals surface area contributed by atoms with E-state index in [1.807, 2.05) is 43.0 Å². The lowest BCUT2D eigenvalue weighted by molar-refractivity contribution is -0.139. The summed E-state index contributed by atoms with van der Waals surface area (Å²) in [5, 5.41) is 18.8. The minimum Gasteiger partial charge on any atom is -0.480 e. The molecule has 0 radical (unpaired) electrons. The molecule has 150 valence electrons. The van der Waals surface area contributed by atoms with E-state index in [-0.39, 0.29) is 12.6 Å². The second-order valence-corrected chi connectivity index (χ2v) is 7.61. The van der Waals surface area contributed by atoms with Gasteiger partial charge >= 0.3 is 5.97 Å². The second-order valence-electron chi connectivity index (χ2n) is 7.61. The first-order chi connectivity index (χ1) is 14.0. The molecule has 0 atom stereocenters. The highest BCUT2D eigenvalue weighted by Gasteiger charge is 2.27. The topological polar surface area (TPSA) is 84.9 Å². The Hall–Kier alpha value is -3.11. The van der Waals surface area contributed by atoms with Crippen molar-refractivity contribution in [2.24, 2.45) is 0 Å². The number of carboxylic acid groups (broad SMARTS) is 1. The Kier molecular flexibility index (Phi) is 5.12. The number of aromatic nitrogens is 2. The van der Waals surface area contributed by atoms with Gasteiger partial charge in [0.05, 0.1) is 23.1 Å². The molecule has 0 bridgehead atoms. The van der Waals surface area contributed by atoms with Crippen molar-refractivity contribution >= 4 is 28.5 Å². The maximum atomic E-state index is 11.1. The van der Waals surface area contributed by atoms with Gasteiger partial charge in [0.1, 0.15) is 11.9 Å². The molecule has 0 spiro atoms. The minimum absolute atomic E-state index is 0.0908. The Morgan fingerprint density at radius 1 is 1.34 bits per heavy atom. The van der Waals surface area contributed by atoms with Crippen molar-refractivity contribution in [2.75, 3.05) is 31.1 Å². The maximum absolute atomic E-state index is 11.1. The molecular weight excluding hydrogens is 366 g/mol. The largest absolute Gasteiger partial charge is 0.480 e. The first-order valence-electron chi connectivity index (χ1n) is 10.0. The van der Waals surface area contributed by atoms with E-state index in [1.165, 1.54) is 0 Å². The minimum atomic E-state index is -0.774. The number of nitriles is 1. The smallest absolute Gasteiger partial charge is 0.317 e. The van der Waals surface area contributed by atoms with Crippen molar-refractivity contribution in [3.63, 3.8) is 0 Å². The van der Waals surface area contributed by atoms with Gasteiger partial charge in [0, 0.05) is 19.1 Å². The highest BCUT2D eigenvalue weighted by atomic mass is 16.4. The fraction of sp³-hybridized carbons (Fsp3) is 0.409. The molecule has 29 heavy (non-hydrogen) atoms. The summed E-state index contributed by atoms with van der Waals surface area (Å²) < 4.78 is 2.09. The predicted molar refractivity (Wildman–Crippen MR) is 112 cm³/mol. The van der Waals surface area contributed by atoms with E-state index < -0.39 is 5.97 Å². The highest BCUT2D eigenvalue weighted by molar-refractivity contribution is 5.85. The Morgan fingerprint density at radius 2 is 2.07 bits per heavy atom. The van der Waals surface area contributed by atoms with Crippen LogP contribution in [0.4, 0.5) is 5.82 Å². The van der Waals surface area contributed by atoms with Crippen LogP contribution >= 0.6 is 0 Å². The lowest BCUT2D eigenvalue weighted by atomic mass is 10.0. The fourth-order valence-corrected chi connectivity index (χ4v) is 4.44. The molecule has 1 saturated heterocycles. The van der Waals surface area contributed by atoms with Crippen molar-refractivity contribution in [2.45, 2.75) is 32.7 Å². The van der Waals surface area contributed by atoms with Crippen molar-refractivity contribution < 1.29 is 9.90 Å². The number of para-hydroxylation sites is 2. The lowest BCUT2D eigenvalue weighted by Crippen LogP contribution is -2.47. The van der Waals surface area contributed by atoms with Gasteiger partial charge in [-0.25, -0.2) is 4.98 Å². The van der Waals surface area contributed by atoms with E-state index in [0.29, 0.717) is 11.2 Å². The number of aliphatic carboxylic acids is 1. The first kappa shape index (κ1) is 19.2. The van der Waals surface area contributed by atoms with Gasteiger partial charge in [-0.2, -0.15) is 5.26 Å². The summed E-state index contributed by atoms with van der Waals surface area (Å²) >= 11 is 0. The summed E-state index contributed by atoms with van der Waals surface area (Å²) in [4.78, 5) is 20.3. The van der Waals surface area contributed by atoms with Crippen molar-refractivity contribution in [1.29, 1.82) is 5.26 Å². The van der Waals surface area contributed by atoms with E-state index in [2.05, 4.69) is 21.4 Å². The van der Waals surface area contributed by atoms with Crippen LogP contribution in [-0.2, 0) is 4.79 Å². The van der Waals surface area contributed by atoms with Crippen LogP contribution in [0.1, 0.15) is 30.9 Å². The normalized spacial score (nSPS) is 15.3. The van der Waals surface area contributed by atoms with Gasteiger partial charge in [-0.1, -0.05) is 19.1 Å². The number of hydrogen-bond donors (Lipinski definition) is 1. The van der Waals surface area contributed by atoms with E-state index in [4.69, 9.17) is 10.1 Å². The molecule has 1 aliphatic rings. The molecule has 7 nitrogen and oxygen atoms in total. The molecule has 1 aromatic carbocycles. The van der Waals surface area contributed by atoms with Crippen LogP contribution in [0.15, 0.2) is 30.3 Å². The number of likely N-dealkylation sites (N-methyl/N-ethyl adjacent to an activating group) is 1. The Morgan fingerprint density at radius 3 is 2.72 bits per heavy atom. The number of hydrogen-bond acceptors (Lipinski definition) is 5. The van der Waals surface area contributed by atoms with Crippen LogP contribution in [0.25, 0.3) is 16.7 Å². The third kappa shape index (κ3) is 3.40. The third-order valence-corrected chi connectivity index (χ3v) is 5.91. The number of carbonyl (C=O) groups is 1. The van der Waals surface area contributed by atoms with Gasteiger partial charge < -0.3 is 10.0 Å². The standard InChI is InChI=1S/C22H25N5O2/c1-3-25(14-21(28)29)16-8-10-26(11-9-16)20-12-15(2)17(13-23)22-24-18-6-4-5-7-19(18)27(20)22/h4-7,12,16H,3,8-11,14H2,1-2H3,(H,28,29). The number of pyridine rings is 1. The number of imidazole rings is 1. The van der Waals surface area contributed by atoms with E-state index >= 15 is 0 Å². The molecule has 1 fully saturated rings. The summed E-state index contributed by atoms with van der Waals surface area (Å²) in [6, 6.07) is 12.6. The van der Waals surface area contributed by atoms with Crippen LogP contribution in [0.2, 0.25) is 0 Å². The fourth-order valence-electron chi connectivity index (χ4n) is 4.44. The molecule has 7 heteroatoms.